The first kappa shape index (κ1) is 11.7. The number of carbonyl (C=O) groups is 1. The van der Waals surface area contributed by atoms with Crippen molar-refractivity contribution in [1.82, 2.24) is 20.2 Å². The lowest BCUT2D eigenvalue weighted by molar-refractivity contribution is -0.145. The molecular weight excluding hydrogens is 234 g/mol. The number of carbonyl (C=O) groups excluding carboxylic acids is 1. The number of tetrazole rings is 1. The standard InChI is InChI=1S/C11H9N5O2/c12-5-9-1-3-10(4-2-9)7-18-11(17)6-16-8-13-14-15-16/h1-4,8H,6-7H2. The molecule has 0 saturated heterocycles. The molecule has 0 atom stereocenters. The Bertz CT molecular complexity index is 556. The molecule has 2 aromatic rings. The highest BCUT2D eigenvalue weighted by Crippen LogP contribution is 2.05. The molecule has 90 valence electrons. The highest BCUT2D eigenvalue weighted by Gasteiger charge is 2.05. The fourth-order valence-electron chi connectivity index (χ4n) is 1.27. The van der Waals surface area contributed by atoms with Crippen molar-refractivity contribution in [3.63, 3.8) is 0 Å². The Morgan fingerprint density at radius 2 is 2.17 bits per heavy atom. The summed E-state index contributed by atoms with van der Waals surface area (Å²) in [7, 11) is 0. The molecule has 0 radical (unpaired) electrons. The van der Waals surface area contributed by atoms with Crippen LogP contribution in [0.3, 0.4) is 0 Å². The van der Waals surface area contributed by atoms with Crippen molar-refractivity contribution in [2.75, 3.05) is 0 Å². The van der Waals surface area contributed by atoms with Gasteiger partial charge in [0.15, 0.2) is 0 Å². The number of hydrogen-bond acceptors (Lipinski definition) is 6. The average molecular weight is 243 g/mol. The average Bonchev–Trinajstić information content (AvgIpc) is 2.90. The van der Waals surface area contributed by atoms with Crippen molar-refractivity contribution in [3.05, 3.63) is 41.7 Å². The molecule has 1 aromatic heterocycles. The van der Waals surface area contributed by atoms with Crippen LogP contribution in [0.2, 0.25) is 0 Å². The number of nitriles is 1. The molecule has 1 aromatic carbocycles. The molecule has 0 spiro atoms. The molecule has 7 nitrogen and oxygen atoms in total. The van der Waals surface area contributed by atoms with Gasteiger partial charge in [0, 0.05) is 0 Å². The van der Waals surface area contributed by atoms with E-state index < -0.39 is 5.97 Å². The molecule has 18 heavy (non-hydrogen) atoms. The number of ether oxygens (including phenoxy) is 1. The lowest BCUT2D eigenvalue weighted by Gasteiger charge is -2.04. The molecule has 0 fully saturated rings. The molecule has 0 unspecified atom stereocenters. The largest absolute Gasteiger partial charge is 0.459 e. The second-order valence-electron chi connectivity index (χ2n) is 3.48. The molecule has 0 bridgehead atoms. The summed E-state index contributed by atoms with van der Waals surface area (Å²) < 4.78 is 6.32. The first-order valence-electron chi connectivity index (χ1n) is 5.13. The van der Waals surface area contributed by atoms with Gasteiger partial charge in [0.25, 0.3) is 0 Å². The summed E-state index contributed by atoms with van der Waals surface area (Å²) in [4.78, 5) is 11.4. The molecule has 1 heterocycles. The molecule has 0 N–H and O–H groups in total. The normalized spacial score (nSPS) is 9.72. The number of aromatic nitrogens is 4. The van der Waals surface area contributed by atoms with Crippen LogP contribution in [0, 0.1) is 11.3 Å². The van der Waals surface area contributed by atoms with Crippen molar-refractivity contribution >= 4 is 5.97 Å². The quantitative estimate of drug-likeness (QED) is 0.716. The third-order valence-corrected chi connectivity index (χ3v) is 2.17. The number of hydrogen-bond donors (Lipinski definition) is 0. The summed E-state index contributed by atoms with van der Waals surface area (Å²) in [5, 5.41) is 19.0. The fraction of sp³-hybridized carbons (Fsp3) is 0.182. The van der Waals surface area contributed by atoms with Crippen LogP contribution in [0.25, 0.3) is 0 Å². The topological polar surface area (TPSA) is 93.7 Å². The van der Waals surface area contributed by atoms with E-state index in [1.165, 1.54) is 11.0 Å². The predicted octanol–water partition coefficient (Wildman–Crippen LogP) is 0.288. The van der Waals surface area contributed by atoms with Gasteiger partial charge < -0.3 is 4.74 Å². The van der Waals surface area contributed by atoms with E-state index in [9.17, 15) is 4.79 Å². The summed E-state index contributed by atoms with van der Waals surface area (Å²) >= 11 is 0. The van der Waals surface area contributed by atoms with E-state index in [0.29, 0.717) is 5.56 Å². The van der Waals surface area contributed by atoms with Gasteiger partial charge in [0.2, 0.25) is 0 Å². The maximum Gasteiger partial charge on any atom is 0.328 e. The summed E-state index contributed by atoms with van der Waals surface area (Å²) in [6.45, 7) is 0.135. The van der Waals surface area contributed by atoms with Gasteiger partial charge in [-0.1, -0.05) is 12.1 Å². The van der Waals surface area contributed by atoms with E-state index in [1.807, 2.05) is 6.07 Å². The second kappa shape index (κ2) is 5.54. The van der Waals surface area contributed by atoms with Gasteiger partial charge in [-0.05, 0) is 28.1 Å². The van der Waals surface area contributed by atoms with Crippen molar-refractivity contribution in [2.45, 2.75) is 13.2 Å². The number of esters is 1. The molecule has 0 amide bonds. The Balaban J connectivity index is 1.83. The van der Waals surface area contributed by atoms with Gasteiger partial charge in [-0.25, -0.2) is 4.68 Å². The molecular formula is C11H9N5O2. The zero-order chi connectivity index (χ0) is 12.8. The summed E-state index contributed by atoms with van der Waals surface area (Å²) in [5.41, 5.74) is 1.39. The lowest BCUT2D eigenvalue weighted by atomic mass is 10.2. The van der Waals surface area contributed by atoms with Crippen molar-refractivity contribution in [1.29, 1.82) is 5.26 Å². The molecule has 0 aliphatic rings. The maximum absolute atomic E-state index is 11.4. The monoisotopic (exact) mass is 243 g/mol. The van der Waals surface area contributed by atoms with Crippen LogP contribution in [0.5, 0.6) is 0 Å². The Hall–Kier alpha value is -2.75. The minimum atomic E-state index is -0.424. The first-order chi connectivity index (χ1) is 8.78. The van der Waals surface area contributed by atoms with Crippen LogP contribution in [-0.4, -0.2) is 26.2 Å². The molecule has 0 aliphatic carbocycles. The van der Waals surface area contributed by atoms with Crippen molar-refractivity contribution < 1.29 is 9.53 Å². The Kier molecular flexibility index (Phi) is 3.61. The van der Waals surface area contributed by atoms with Gasteiger partial charge in [-0.15, -0.1) is 5.10 Å². The van der Waals surface area contributed by atoms with E-state index in [2.05, 4.69) is 15.5 Å². The molecule has 0 aliphatic heterocycles. The van der Waals surface area contributed by atoms with E-state index in [-0.39, 0.29) is 13.2 Å². The van der Waals surface area contributed by atoms with E-state index >= 15 is 0 Å². The number of nitrogens with zero attached hydrogens (tertiary/aromatic N) is 5. The first-order valence-corrected chi connectivity index (χ1v) is 5.13. The maximum atomic E-state index is 11.4. The Morgan fingerprint density at radius 1 is 1.39 bits per heavy atom. The SMILES string of the molecule is N#Cc1ccc(COC(=O)Cn2cnnn2)cc1. The smallest absolute Gasteiger partial charge is 0.328 e. The Morgan fingerprint density at radius 3 is 2.78 bits per heavy atom. The van der Waals surface area contributed by atoms with Crippen molar-refractivity contribution in [2.24, 2.45) is 0 Å². The van der Waals surface area contributed by atoms with Crippen LogP contribution in [0.15, 0.2) is 30.6 Å². The number of benzene rings is 1. The van der Waals surface area contributed by atoms with Crippen LogP contribution in [0.1, 0.15) is 11.1 Å². The summed E-state index contributed by atoms with van der Waals surface area (Å²) in [6, 6.07) is 8.84. The van der Waals surface area contributed by atoms with Gasteiger partial charge in [0.1, 0.15) is 19.5 Å². The van der Waals surface area contributed by atoms with Gasteiger partial charge in [-0.2, -0.15) is 5.26 Å². The second-order valence-corrected chi connectivity index (χ2v) is 3.48. The molecule has 0 saturated carbocycles. The Labute approximate surface area is 103 Å². The van der Waals surface area contributed by atoms with Gasteiger partial charge >= 0.3 is 5.97 Å². The highest BCUT2D eigenvalue weighted by atomic mass is 16.5. The highest BCUT2D eigenvalue weighted by molar-refractivity contribution is 5.68. The number of rotatable bonds is 4. The summed E-state index contributed by atoms with van der Waals surface area (Å²) in [5.74, 6) is -0.424. The molecule has 7 heteroatoms. The van der Waals surface area contributed by atoms with Crippen LogP contribution in [-0.2, 0) is 22.7 Å². The van der Waals surface area contributed by atoms with Crippen LogP contribution in [0.4, 0.5) is 0 Å². The lowest BCUT2D eigenvalue weighted by Crippen LogP contribution is -2.14. The zero-order valence-corrected chi connectivity index (χ0v) is 9.35. The van der Waals surface area contributed by atoms with Gasteiger partial charge in [0.05, 0.1) is 11.6 Å². The van der Waals surface area contributed by atoms with E-state index in [4.69, 9.17) is 10.00 Å². The summed E-state index contributed by atoms with van der Waals surface area (Å²) in [6.07, 6.45) is 1.34. The van der Waals surface area contributed by atoms with Crippen LogP contribution < -0.4 is 0 Å². The zero-order valence-electron chi connectivity index (χ0n) is 9.35. The minimum absolute atomic E-state index is 0.0245. The van der Waals surface area contributed by atoms with Gasteiger partial charge in [-0.3, -0.25) is 4.79 Å². The fourth-order valence-corrected chi connectivity index (χ4v) is 1.27. The van der Waals surface area contributed by atoms with E-state index in [1.54, 1.807) is 24.3 Å². The predicted molar refractivity (Wildman–Crippen MR) is 58.8 cm³/mol. The van der Waals surface area contributed by atoms with Crippen LogP contribution >= 0.6 is 0 Å². The third kappa shape index (κ3) is 3.12. The minimum Gasteiger partial charge on any atom is -0.459 e. The third-order valence-electron chi connectivity index (χ3n) is 2.17. The molecule has 2 rings (SSSR count). The van der Waals surface area contributed by atoms with E-state index in [0.717, 1.165) is 5.56 Å². The van der Waals surface area contributed by atoms with Crippen molar-refractivity contribution in [3.8, 4) is 6.07 Å².